The van der Waals surface area contributed by atoms with E-state index in [1.807, 2.05) is 71.3 Å². The van der Waals surface area contributed by atoms with Gasteiger partial charge in [-0.15, -0.1) is 10.2 Å². The first-order valence-electron chi connectivity index (χ1n) is 11.1. The monoisotopic (exact) mass is 457 g/mol. The molecule has 5 aromatic rings. The van der Waals surface area contributed by atoms with Gasteiger partial charge in [-0.1, -0.05) is 42.5 Å². The van der Waals surface area contributed by atoms with Gasteiger partial charge < -0.3 is 9.30 Å². The van der Waals surface area contributed by atoms with Crippen LogP contribution in [-0.2, 0) is 17.9 Å². The lowest BCUT2D eigenvalue weighted by Gasteiger charge is -2.11. The smallest absolute Gasteiger partial charge is 0.338 e. The molecule has 0 fully saturated rings. The quantitative estimate of drug-likeness (QED) is 0.348. The van der Waals surface area contributed by atoms with E-state index in [4.69, 9.17) is 10.00 Å². The van der Waals surface area contributed by atoms with Gasteiger partial charge in [0.15, 0.2) is 5.82 Å². The minimum absolute atomic E-state index is 0.224. The molecule has 0 saturated heterocycles. The van der Waals surface area contributed by atoms with Crippen LogP contribution in [0.4, 0.5) is 0 Å². The average Bonchev–Trinajstić information content (AvgIpc) is 3.53. The van der Waals surface area contributed by atoms with Crippen molar-refractivity contribution in [3.05, 3.63) is 114 Å². The molecular formula is C28H19N5O2. The Balaban J connectivity index is 1.34. The summed E-state index contributed by atoms with van der Waals surface area (Å²) in [6, 6.07) is 26.9. The molecule has 0 aliphatic carbocycles. The second-order valence-electron chi connectivity index (χ2n) is 8.36. The number of benzene rings is 3. The standard InChI is InChI=1S/C28H19N5O2/c29-14-19-6-8-21(9-7-19)23-13-26-27-31-30-18-33(27)25-11-10-22(12-24(25)16-32(26)15-23)28(34)35-17-20-4-2-1-3-5-20/h1-13,15,18H,16-17H2. The number of carbonyl (C=O) groups is 1. The lowest BCUT2D eigenvalue weighted by molar-refractivity contribution is 0.0472. The van der Waals surface area contributed by atoms with E-state index in [9.17, 15) is 4.79 Å². The van der Waals surface area contributed by atoms with Crippen LogP contribution in [0.5, 0.6) is 0 Å². The minimum Gasteiger partial charge on any atom is -0.457 e. The summed E-state index contributed by atoms with van der Waals surface area (Å²) in [4.78, 5) is 12.8. The van der Waals surface area contributed by atoms with Crippen molar-refractivity contribution in [1.82, 2.24) is 19.3 Å². The average molecular weight is 457 g/mol. The molecule has 0 atom stereocenters. The summed E-state index contributed by atoms with van der Waals surface area (Å²) in [6.45, 7) is 0.784. The maximum Gasteiger partial charge on any atom is 0.338 e. The molecule has 1 aliphatic rings. The maximum absolute atomic E-state index is 12.8. The molecule has 2 aromatic heterocycles. The molecule has 3 aromatic carbocycles. The Labute approximate surface area is 201 Å². The van der Waals surface area contributed by atoms with E-state index >= 15 is 0 Å². The molecule has 0 saturated carbocycles. The van der Waals surface area contributed by atoms with Crippen LogP contribution in [0.1, 0.15) is 27.0 Å². The van der Waals surface area contributed by atoms with E-state index in [0.29, 0.717) is 17.7 Å². The number of nitriles is 1. The zero-order valence-electron chi connectivity index (χ0n) is 18.6. The molecule has 0 amide bonds. The van der Waals surface area contributed by atoms with Crippen molar-refractivity contribution in [2.75, 3.05) is 0 Å². The number of fused-ring (bicyclic) bond motifs is 5. The van der Waals surface area contributed by atoms with E-state index in [0.717, 1.165) is 39.5 Å². The van der Waals surface area contributed by atoms with Crippen LogP contribution in [0.15, 0.2) is 91.4 Å². The van der Waals surface area contributed by atoms with Crippen LogP contribution >= 0.6 is 0 Å². The van der Waals surface area contributed by atoms with Crippen molar-refractivity contribution >= 4 is 5.97 Å². The highest BCUT2D eigenvalue weighted by molar-refractivity contribution is 5.90. The molecule has 0 unspecified atom stereocenters. The molecule has 35 heavy (non-hydrogen) atoms. The van der Waals surface area contributed by atoms with Gasteiger partial charge in [-0.3, -0.25) is 4.57 Å². The van der Waals surface area contributed by atoms with E-state index in [-0.39, 0.29) is 12.6 Å². The zero-order valence-corrected chi connectivity index (χ0v) is 18.6. The largest absolute Gasteiger partial charge is 0.457 e. The van der Waals surface area contributed by atoms with Gasteiger partial charge in [0.1, 0.15) is 12.9 Å². The second-order valence-corrected chi connectivity index (χ2v) is 8.36. The molecule has 7 nitrogen and oxygen atoms in total. The Morgan fingerprint density at radius 3 is 2.63 bits per heavy atom. The number of hydrogen-bond acceptors (Lipinski definition) is 5. The van der Waals surface area contributed by atoms with Crippen LogP contribution < -0.4 is 0 Å². The molecule has 0 bridgehead atoms. The second kappa shape index (κ2) is 8.43. The fraction of sp³-hybridized carbons (Fsp3) is 0.0714. The Bertz CT molecular complexity index is 1590. The van der Waals surface area contributed by atoms with Crippen molar-refractivity contribution < 1.29 is 9.53 Å². The first kappa shape index (κ1) is 20.6. The first-order chi connectivity index (χ1) is 17.2. The minimum atomic E-state index is -0.365. The third-order valence-electron chi connectivity index (χ3n) is 6.15. The van der Waals surface area contributed by atoms with Gasteiger partial charge in [0.05, 0.1) is 28.6 Å². The Morgan fingerprint density at radius 1 is 1.00 bits per heavy atom. The van der Waals surface area contributed by atoms with Crippen molar-refractivity contribution in [3.63, 3.8) is 0 Å². The van der Waals surface area contributed by atoms with E-state index in [2.05, 4.69) is 33.1 Å². The summed E-state index contributed by atoms with van der Waals surface area (Å²) < 4.78 is 9.59. The third kappa shape index (κ3) is 3.77. The van der Waals surface area contributed by atoms with Gasteiger partial charge in [0.2, 0.25) is 0 Å². The molecule has 6 rings (SSSR count). The fourth-order valence-electron chi connectivity index (χ4n) is 4.37. The Hall–Kier alpha value is -4.96. The zero-order chi connectivity index (χ0) is 23.8. The molecular weight excluding hydrogens is 438 g/mol. The van der Waals surface area contributed by atoms with Crippen molar-refractivity contribution in [1.29, 1.82) is 5.26 Å². The highest BCUT2D eigenvalue weighted by Crippen LogP contribution is 2.34. The predicted molar refractivity (Wildman–Crippen MR) is 130 cm³/mol. The van der Waals surface area contributed by atoms with E-state index in [1.54, 1.807) is 12.4 Å². The van der Waals surface area contributed by atoms with E-state index < -0.39 is 0 Å². The van der Waals surface area contributed by atoms with Crippen molar-refractivity contribution in [2.45, 2.75) is 13.2 Å². The lowest BCUT2D eigenvalue weighted by atomic mass is 10.1. The van der Waals surface area contributed by atoms with Gasteiger partial charge in [-0.25, -0.2) is 4.79 Å². The summed E-state index contributed by atoms with van der Waals surface area (Å²) in [7, 11) is 0. The number of aromatic nitrogens is 4. The van der Waals surface area contributed by atoms with Gasteiger partial charge in [-0.2, -0.15) is 5.26 Å². The van der Waals surface area contributed by atoms with Gasteiger partial charge >= 0.3 is 5.97 Å². The number of carbonyl (C=O) groups excluding carboxylic acids is 1. The maximum atomic E-state index is 12.8. The molecule has 168 valence electrons. The molecule has 1 aliphatic heterocycles. The number of rotatable bonds is 4. The van der Waals surface area contributed by atoms with Crippen molar-refractivity contribution in [3.8, 4) is 34.4 Å². The van der Waals surface area contributed by atoms with Crippen LogP contribution in [-0.4, -0.2) is 25.3 Å². The Kier molecular flexibility index (Phi) is 4.97. The number of esters is 1. The highest BCUT2D eigenvalue weighted by atomic mass is 16.5. The number of hydrogen-bond donors (Lipinski definition) is 0. The number of nitrogens with zero attached hydrogens (tertiary/aromatic N) is 5. The summed E-state index contributed by atoms with van der Waals surface area (Å²) in [5.41, 5.74) is 6.89. The lowest BCUT2D eigenvalue weighted by Crippen LogP contribution is -2.08. The summed E-state index contributed by atoms with van der Waals surface area (Å²) in [6.07, 6.45) is 3.75. The van der Waals surface area contributed by atoms with Gasteiger partial charge in [-0.05, 0) is 53.1 Å². The van der Waals surface area contributed by atoms with Crippen LogP contribution in [0.25, 0.3) is 28.3 Å². The summed E-state index contributed by atoms with van der Waals surface area (Å²) >= 11 is 0. The van der Waals surface area contributed by atoms with E-state index in [1.165, 1.54) is 0 Å². The van der Waals surface area contributed by atoms with Crippen molar-refractivity contribution in [2.24, 2.45) is 0 Å². The fourth-order valence-corrected chi connectivity index (χ4v) is 4.37. The summed E-state index contributed by atoms with van der Waals surface area (Å²) in [5.74, 6) is 0.360. The highest BCUT2D eigenvalue weighted by Gasteiger charge is 2.23. The normalized spacial score (nSPS) is 11.5. The molecule has 0 radical (unpaired) electrons. The first-order valence-corrected chi connectivity index (χ1v) is 11.1. The predicted octanol–water partition coefficient (Wildman–Crippen LogP) is 4.99. The SMILES string of the molecule is N#Cc1ccc(-c2cc3n(c2)Cc2cc(C(=O)OCc4ccccc4)ccc2-n2cnnc2-3)cc1. The molecule has 7 heteroatoms. The third-order valence-corrected chi connectivity index (χ3v) is 6.15. The summed E-state index contributed by atoms with van der Waals surface area (Å²) in [5, 5.41) is 17.6. The topological polar surface area (TPSA) is 85.7 Å². The number of ether oxygens (including phenoxy) is 1. The van der Waals surface area contributed by atoms with Gasteiger partial charge in [0.25, 0.3) is 0 Å². The van der Waals surface area contributed by atoms with Crippen LogP contribution in [0.3, 0.4) is 0 Å². The molecule has 0 N–H and O–H groups in total. The van der Waals surface area contributed by atoms with Crippen LogP contribution in [0.2, 0.25) is 0 Å². The van der Waals surface area contributed by atoms with Gasteiger partial charge in [0, 0.05) is 18.3 Å². The van der Waals surface area contributed by atoms with Crippen LogP contribution in [0, 0.1) is 11.3 Å². The molecule has 3 heterocycles. The molecule has 0 spiro atoms. The Morgan fingerprint density at radius 2 is 1.83 bits per heavy atom.